The fourth-order valence-electron chi connectivity index (χ4n) is 0.0510. The molecule has 2 radical (unpaired) electrons. The van der Waals surface area contributed by atoms with Gasteiger partial charge in [0.05, 0.1) is 0 Å². The number of hydrogen-bond acceptors (Lipinski definition) is 1. The van der Waals surface area contributed by atoms with E-state index in [4.69, 9.17) is 4.79 Å². The Hall–Kier alpha value is -0.530. The lowest BCUT2D eigenvalue weighted by molar-refractivity contribution is 0.545. The molecule has 0 rings (SSSR count). The number of hydrogen-bond donors (Lipinski definition) is 1. The molecule has 0 aromatic rings. The van der Waals surface area contributed by atoms with Gasteiger partial charge in [0.1, 0.15) is 0 Å². The van der Waals surface area contributed by atoms with Gasteiger partial charge in [-0.05, 0) is 6.92 Å². The lowest BCUT2D eigenvalue weighted by Crippen LogP contribution is -2.07. The molecular weight excluding hydrogens is 66.0 g/mol. The quantitative estimate of drug-likeness (QED) is 0.436. The van der Waals surface area contributed by atoms with E-state index >= 15 is 0 Å². The average molecular weight is 71.1 g/mol. The van der Waals surface area contributed by atoms with Gasteiger partial charge in [0.25, 0.3) is 0 Å². The zero-order valence-corrected chi connectivity index (χ0v) is 2.82. The molecule has 0 atom stereocenters. The molecule has 0 aromatic heterocycles. The number of rotatable bonds is 2. The number of amides is 1. The third-order valence-electron chi connectivity index (χ3n) is 0.197. The van der Waals surface area contributed by atoms with Gasteiger partial charge in [-0.15, -0.1) is 0 Å². The molecule has 0 aromatic carbocycles. The molecule has 0 bridgehead atoms. The third kappa shape index (κ3) is 3.47. The molecule has 28 valence electrons. The second-order valence-electron chi connectivity index (χ2n) is 0.529. The smallest absolute Gasteiger partial charge is 0.309 e. The largest absolute Gasteiger partial charge is 0.348 e. The Labute approximate surface area is 31.2 Å². The molecule has 0 saturated heterocycles. The van der Waals surface area contributed by atoms with Crippen molar-refractivity contribution in [3.05, 3.63) is 6.92 Å². The maximum atomic E-state index is 9.13. The van der Waals surface area contributed by atoms with Crippen molar-refractivity contribution in [2.45, 2.75) is 0 Å². The summed E-state index contributed by atoms with van der Waals surface area (Å²) in [6.45, 7) is 3.72. The van der Waals surface area contributed by atoms with Gasteiger partial charge >= 0.3 is 6.41 Å². The molecule has 5 heavy (non-hydrogen) atoms. The van der Waals surface area contributed by atoms with E-state index in [2.05, 4.69) is 12.2 Å². The van der Waals surface area contributed by atoms with Crippen LogP contribution in [0.1, 0.15) is 0 Å². The summed E-state index contributed by atoms with van der Waals surface area (Å²) in [5.74, 6) is 0. The second kappa shape index (κ2) is 3.47. The second-order valence-corrected chi connectivity index (χ2v) is 0.529. The van der Waals surface area contributed by atoms with E-state index < -0.39 is 0 Å². The van der Waals surface area contributed by atoms with Crippen molar-refractivity contribution >= 4 is 6.41 Å². The van der Waals surface area contributed by atoms with Crippen LogP contribution in [-0.2, 0) is 4.79 Å². The van der Waals surface area contributed by atoms with Crippen LogP contribution in [-0.4, -0.2) is 13.0 Å². The van der Waals surface area contributed by atoms with E-state index in [-0.39, 0.29) is 0 Å². The van der Waals surface area contributed by atoms with E-state index in [1.54, 1.807) is 0 Å². The minimum Gasteiger partial charge on any atom is -0.348 e. The Balaban J connectivity index is 2.40. The van der Waals surface area contributed by atoms with Crippen LogP contribution < -0.4 is 5.32 Å². The minimum atomic E-state index is 0.420. The van der Waals surface area contributed by atoms with Gasteiger partial charge in [-0.25, -0.2) is 0 Å². The summed E-state index contributed by atoms with van der Waals surface area (Å²) >= 11 is 0. The SMILES string of the molecule is [CH2]CN[C]=O. The first kappa shape index (κ1) is 4.47. The molecule has 0 aliphatic carbocycles. The normalized spacial score (nSPS) is 6.60. The molecule has 0 aliphatic rings. The van der Waals surface area contributed by atoms with Crippen LogP contribution >= 0.6 is 0 Å². The zero-order valence-electron chi connectivity index (χ0n) is 2.82. The van der Waals surface area contributed by atoms with E-state index in [1.165, 1.54) is 6.41 Å². The van der Waals surface area contributed by atoms with Crippen LogP contribution in [0.3, 0.4) is 0 Å². The Morgan fingerprint density at radius 1 is 2.00 bits per heavy atom. The molecule has 0 heterocycles. The highest BCUT2D eigenvalue weighted by atomic mass is 16.1. The molecule has 0 fully saturated rings. The van der Waals surface area contributed by atoms with Crippen molar-refractivity contribution in [2.24, 2.45) is 0 Å². The average Bonchev–Trinajstić information content (AvgIpc) is 1.41. The Bertz CT molecular complexity index is 28.1. The lowest BCUT2D eigenvalue weighted by atomic mass is 10.8. The monoisotopic (exact) mass is 71.0 g/mol. The predicted octanol–water partition coefficient (Wildman–Crippen LogP) is -0.523. The van der Waals surface area contributed by atoms with E-state index in [0.29, 0.717) is 6.54 Å². The first-order valence-electron chi connectivity index (χ1n) is 1.31. The number of nitrogens with one attached hydrogen (secondary N) is 1. The van der Waals surface area contributed by atoms with Crippen LogP contribution in [0.2, 0.25) is 0 Å². The van der Waals surface area contributed by atoms with Crippen LogP contribution in [0.15, 0.2) is 0 Å². The maximum Gasteiger partial charge on any atom is 0.309 e. The fourth-order valence-corrected chi connectivity index (χ4v) is 0.0510. The predicted molar refractivity (Wildman–Crippen MR) is 19.1 cm³/mol. The summed E-state index contributed by atoms with van der Waals surface area (Å²) in [7, 11) is 0. The summed E-state index contributed by atoms with van der Waals surface area (Å²) in [6.07, 6.45) is 1.45. The van der Waals surface area contributed by atoms with Gasteiger partial charge in [-0.3, -0.25) is 4.79 Å². The van der Waals surface area contributed by atoms with Crippen molar-refractivity contribution < 1.29 is 4.79 Å². The fraction of sp³-hybridized carbons (Fsp3) is 0.333. The summed E-state index contributed by atoms with van der Waals surface area (Å²) in [4.78, 5) is 9.13. The highest BCUT2D eigenvalue weighted by Gasteiger charge is 1.62. The first-order valence-corrected chi connectivity index (χ1v) is 1.31. The van der Waals surface area contributed by atoms with Gasteiger partial charge in [0.2, 0.25) is 0 Å². The molecule has 0 saturated carbocycles. The van der Waals surface area contributed by atoms with Crippen LogP contribution in [0.25, 0.3) is 0 Å². The Morgan fingerprint density at radius 2 is 2.60 bits per heavy atom. The first-order chi connectivity index (χ1) is 2.41. The van der Waals surface area contributed by atoms with Gasteiger partial charge < -0.3 is 5.32 Å². The van der Waals surface area contributed by atoms with E-state index in [0.717, 1.165) is 0 Å². The third-order valence-corrected chi connectivity index (χ3v) is 0.197. The van der Waals surface area contributed by atoms with Crippen LogP contribution in [0, 0.1) is 6.92 Å². The van der Waals surface area contributed by atoms with Gasteiger partial charge in [-0.2, -0.15) is 0 Å². The van der Waals surface area contributed by atoms with Crippen molar-refractivity contribution in [1.82, 2.24) is 5.32 Å². The van der Waals surface area contributed by atoms with Gasteiger partial charge in [-0.1, -0.05) is 0 Å². The molecule has 1 amide bonds. The Kier molecular flexibility index (Phi) is 3.10. The molecule has 1 N–H and O–H groups in total. The van der Waals surface area contributed by atoms with Gasteiger partial charge in [0.15, 0.2) is 0 Å². The molecular formula is C3H5NO. The van der Waals surface area contributed by atoms with Crippen LogP contribution in [0.4, 0.5) is 0 Å². The van der Waals surface area contributed by atoms with Crippen molar-refractivity contribution in [3.63, 3.8) is 0 Å². The molecule has 0 spiro atoms. The van der Waals surface area contributed by atoms with Crippen LogP contribution in [0.5, 0.6) is 0 Å². The van der Waals surface area contributed by atoms with Gasteiger partial charge in [0, 0.05) is 6.54 Å². The van der Waals surface area contributed by atoms with E-state index in [9.17, 15) is 0 Å². The summed E-state index contributed by atoms with van der Waals surface area (Å²) in [5, 5.41) is 2.19. The summed E-state index contributed by atoms with van der Waals surface area (Å²) in [6, 6.07) is 0. The standard InChI is InChI=1S/C3H5NO/c1-2-4-3-5/h1-2H2,(H,4,5). The van der Waals surface area contributed by atoms with Crippen molar-refractivity contribution in [1.29, 1.82) is 0 Å². The highest BCUT2D eigenvalue weighted by molar-refractivity contribution is 5.46. The highest BCUT2D eigenvalue weighted by Crippen LogP contribution is 1.36. The topological polar surface area (TPSA) is 29.1 Å². The molecule has 2 heteroatoms. The maximum absolute atomic E-state index is 9.13. The molecule has 0 unspecified atom stereocenters. The lowest BCUT2D eigenvalue weighted by Gasteiger charge is -1.76. The van der Waals surface area contributed by atoms with Crippen molar-refractivity contribution in [2.75, 3.05) is 6.54 Å². The van der Waals surface area contributed by atoms with Crippen molar-refractivity contribution in [3.8, 4) is 0 Å². The van der Waals surface area contributed by atoms with E-state index in [1.807, 2.05) is 0 Å². The molecule has 2 nitrogen and oxygen atoms in total. The summed E-state index contributed by atoms with van der Waals surface area (Å²) in [5.41, 5.74) is 0. The Morgan fingerprint density at radius 3 is 2.60 bits per heavy atom. The molecule has 0 aliphatic heterocycles. The minimum absolute atomic E-state index is 0.420. The summed E-state index contributed by atoms with van der Waals surface area (Å²) < 4.78 is 0. The number of carbonyl (C=O) groups excluding carboxylic acids is 1. The zero-order chi connectivity index (χ0) is 4.12.